The maximum absolute atomic E-state index is 11.0. The van der Waals surface area contributed by atoms with Crippen LogP contribution in [0.5, 0.6) is 0 Å². The second kappa shape index (κ2) is 5.91. The van der Waals surface area contributed by atoms with Crippen molar-refractivity contribution in [1.82, 2.24) is 9.97 Å². The van der Waals surface area contributed by atoms with Crippen molar-refractivity contribution >= 4 is 35.3 Å². The lowest BCUT2D eigenvalue weighted by Crippen LogP contribution is -2.09. The van der Waals surface area contributed by atoms with Crippen LogP contribution in [0, 0.1) is 0 Å². The van der Waals surface area contributed by atoms with Crippen molar-refractivity contribution in [3.63, 3.8) is 0 Å². The molecule has 0 saturated carbocycles. The van der Waals surface area contributed by atoms with Crippen molar-refractivity contribution in [3.05, 3.63) is 11.2 Å². The molecule has 1 rings (SSSR count). The van der Waals surface area contributed by atoms with Crippen molar-refractivity contribution in [2.24, 2.45) is 0 Å². The minimum absolute atomic E-state index is 0.0396. The normalized spacial score (nSPS) is 12.2. The third kappa shape index (κ3) is 4.24. The van der Waals surface area contributed by atoms with E-state index < -0.39 is 0 Å². The molecular formula is C9H12ClN3O2S. The van der Waals surface area contributed by atoms with Gasteiger partial charge < -0.3 is 10.5 Å². The minimum Gasteiger partial charge on any atom is -0.469 e. The lowest BCUT2D eigenvalue weighted by molar-refractivity contribution is -0.140. The Hall–Kier alpha value is -1.01. The van der Waals surface area contributed by atoms with Crippen LogP contribution >= 0.6 is 23.4 Å². The fourth-order valence-corrected chi connectivity index (χ4v) is 2.25. The van der Waals surface area contributed by atoms with Crippen LogP contribution in [-0.4, -0.2) is 28.3 Å². The number of nitrogens with two attached hydrogens (primary N) is 1. The van der Waals surface area contributed by atoms with E-state index in [2.05, 4.69) is 14.7 Å². The Kier molecular flexibility index (Phi) is 4.82. The van der Waals surface area contributed by atoms with Gasteiger partial charge in [-0.1, -0.05) is 18.5 Å². The van der Waals surface area contributed by atoms with E-state index in [1.54, 1.807) is 6.07 Å². The van der Waals surface area contributed by atoms with Crippen LogP contribution in [0.3, 0.4) is 0 Å². The summed E-state index contributed by atoms with van der Waals surface area (Å²) >= 11 is 7.13. The van der Waals surface area contributed by atoms with Gasteiger partial charge >= 0.3 is 5.97 Å². The molecule has 1 aromatic rings. The predicted molar refractivity (Wildman–Crippen MR) is 63.4 cm³/mol. The Morgan fingerprint density at radius 3 is 2.94 bits per heavy atom. The summed E-state index contributed by atoms with van der Waals surface area (Å²) < 4.78 is 4.57. The molecule has 88 valence electrons. The maximum atomic E-state index is 11.0. The first kappa shape index (κ1) is 13.1. The molecule has 0 amide bonds. The fourth-order valence-electron chi connectivity index (χ4n) is 1.04. The number of nitrogen functional groups attached to an aromatic ring is 1. The summed E-state index contributed by atoms with van der Waals surface area (Å²) in [6, 6.07) is 1.61. The first-order valence-corrected chi connectivity index (χ1v) is 5.80. The highest BCUT2D eigenvalue weighted by molar-refractivity contribution is 7.99. The first-order valence-electron chi connectivity index (χ1n) is 4.54. The van der Waals surface area contributed by atoms with Crippen LogP contribution < -0.4 is 5.73 Å². The van der Waals surface area contributed by atoms with Gasteiger partial charge in [0.2, 0.25) is 5.95 Å². The summed E-state index contributed by atoms with van der Waals surface area (Å²) in [6.07, 6.45) is 0.308. The van der Waals surface area contributed by atoms with Gasteiger partial charge in [0.15, 0.2) is 0 Å². The molecule has 0 aliphatic rings. The molecule has 0 fully saturated rings. The van der Waals surface area contributed by atoms with E-state index in [1.807, 2.05) is 6.92 Å². The molecule has 1 atom stereocenters. The number of thioether (sulfide) groups is 1. The number of anilines is 1. The van der Waals surface area contributed by atoms with E-state index in [4.69, 9.17) is 17.3 Å². The van der Waals surface area contributed by atoms with E-state index in [1.165, 1.54) is 18.9 Å². The number of hydrogen-bond donors (Lipinski definition) is 1. The molecule has 0 radical (unpaired) electrons. The fraction of sp³-hybridized carbons (Fsp3) is 0.444. The Morgan fingerprint density at radius 1 is 1.69 bits per heavy atom. The smallest absolute Gasteiger partial charge is 0.306 e. The van der Waals surface area contributed by atoms with Crippen molar-refractivity contribution < 1.29 is 9.53 Å². The summed E-state index contributed by atoms with van der Waals surface area (Å²) in [5.41, 5.74) is 5.45. The van der Waals surface area contributed by atoms with Crippen LogP contribution in [0.15, 0.2) is 11.1 Å². The molecule has 1 heterocycles. The minimum atomic E-state index is -0.256. The lowest BCUT2D eigenvalue weighted by atomic mass is 10.3. The van der Waals surface area contributed by atoms with Gasteiger partial charge in [0.1, 0.15) is 10.2 Å². The molecule has 1 unspecified atom stereocenters. The van der Waals surface area contributed by atoms with E-state index in [0.717, 1.165) is 0 Å². The van der Waals surface area contributed by atoms with Crippen LogP contribution in [0.2, 0.25) is 5.15 Å². The van der Waals surface area contributed by atoms with Crippen molar-refractivity contribution in [2.75, 3.05) is 12.8 Å². The van der Waals surface area contributed by atoms with E-state index in [-0.39, 0.29) is 17.2 Å². The summed E-state index contributed by atoms with van der Waals surface area (Å²) in [6.45, 7) is 1.90. The van der Waals surface area contributed by atoms with Crippen LogP contribution in [-0.2, 0) is 9.53 Å². The highest BCUT2D eigenvalue weighted by Gasteiger charge is 2.12. The summed E-state index contributed by atoms with van der Waals surface area (Å²) in [5.74, 6) is -0.131. The van der Waals surface area contributed by atoms with Crippen LogP contribution in [0.4, 0.5) is 5.95 Å². The molecular weight excluding hydrogens is 250 g/mol. The number of aromatic nitrogens is 2. The second-order valence-electron chi connectivity index (χ2n) is 3.10. The molecule has 0 saturated heterocycles. The SMILES string of the molecule is COC(=O)CC(C)Sc1cc(Cl)nc(N)n1. The quantitative estimate of drug-likeness (QED) is 0.505. The molecule has 5 nitrogen and oxygen atoms in total. The average molecular weight is 262 g/mol. The van der Waals surface area contributed by atoms with Gasteiger partial charge in [0, 0.05) is 11.3 Å². The molecule has 16 heavy (non-hydrogen) atoms. The highest BCUT2D eigenvalue weighted by atomic mass is 35.5. The number of hydrogen-bond acceptors (Lipinski definition) is 6. The molecule has 1 aromatic heterocycles. The zero-order valence-electron chi connectivity index (χ0n) is 8.94. The van der Waals surface area contributed by atoms with E-state index in [0.29, 0.717) is 16.6 Å². The average Bonchev–Trinajstić information content (AvgIpc) is 2.15. The van der Waals surface area contributed by atoms with Crippen molar-refractivity contribution in [3.8, 4) is 0 Å². The molecule has 0 bridgehead atoms. The number of rotatable bonds is 4. The third-order valence-electron chi connectivity index (χ3n) is 1.69. The number of ether oxygens (including phenoxy) is 1. The summed E-state index contributed by atoms with van der Waals surface area (Å²) in [5, 5.41) is 0.979. The number of halogens is 1. The van der Waals surface area contributed by atoms with Gasteiger partial charge in [-0.3, -0.25) is 4.79 Å². The molecule has 7 heteroatoms. The number of carbonyl (C=O) groups excluding carboxylic acids is 1. The number of methoxy groups -OCH3 is 1. The number of nitrogens with zero attached hydrogens (tertiary/aromatic N) is 2. The highest BCUT2D eigenvalue weighted by Crippen LogP contribution is 2.25. The largest absolute Gasteiger partial charge is 0.469 e. The van der Waals surface area contributed by atoms with Crippen molar-refractivity contribution in [2.45, 2.75) is 23.6 Å². The van der Waals surface area contributed by atoms with Gasteiger partial charge in [-0.25, -0.2) is 9.97 Å². The van der Waals surface area contributed by atoms with Gasteiger partial charge in [0.05, 0.1) is 13.5 Å². The van der Waals surface area contributed by atoms with E-state index in [9.17, 15) is 4.79 Å². The second-order valence-corrected chi connectivity index (χ2v) is 4.94. The number of carbonyl (C=O) groups is 1. The van der Waals surface area contributed by atoms with Gasteiger partial charge in [-0.2, -0.15) is 0 Å². The lowest BCUT2D eigenvalue weighted by Gasteiger charge is -2.09. The van der Waals surface area contributed by atoms with Gasteiger partial charge in [-0.05, 0) is 0 Å². The molecule has 0 aliphatic carbocycles. The zero-order valence-corrected chi connectivity index (χ0v) is 10.5. The monoisotopic (exact) mass is 261 g/mol. The van der Waals surface area contributed by atoms with E-state index >= 15 is 0 Å². The topological polar surface area (TPSA) is 78.1 Å². The summed E-state index contributed by atoms with van der Waals surface area (Å²) in [4.78, 5) is 18.8. The van der Waals surface area contributed by atoms with Gasteiger partial charge in [0.25, 0.3) is 0 Å². The Morgan fingerprint density at radius 2 is 2.38 bits per heavy atom. The Bertz CT molecular complexity index is 369. The first-order chi connectivity index (χ1) is 7.51. The molecule has 0 aliphatic heterocycles. The predicted octanol–water partition coefficient (Wildman–Crippen LogP) is 1.76. The van der Waals surface area contributed by atoms with Crippen LogP contribution in [0.25, 0.3) is 0 Å². The standard InChI is InChI=1S/C9H12ClN3O2S/c1-5(3-8(14)15-2)16-7-4-6(10)12-9(11)13-7/h4-5H,3H2,1-2H3,(H2,11,12,13). The van der Waals surface area contributed by atoms with Crippen LogP contribution in [0.1, 0.15) is 13.3 Å². The molecule has 0 spiro atoms. The summed E-state index contributed by atoms with van der Waals surface area (Å²) in [7, 11) is 1.36. The van der Waals surface area contributed by atoms with Gasteiger partial charge in [-0.15, -0.1) is 11.8 Å². The molecule has 2 N–H and O–H groups in total. The Balaban J connectivity index is 2.62. The Labute approximate surface area is 103 Å². The number of esters is 1. The van der Waals surface area contributed by atoms with Crippen molar-refractivity contribution in [1.29, 1.82) is 0 Å². The third-order valence-corrected chi connectivity index (χ3v) is 2.91. The molecule has 0 aromatic carbocycles. The maximum Gasteiger partial charge on any atom is 0.306 e. The zero-order chi connectivity index (χ0) is 12.1.